The summed E-state index contributed by atoms with van der Waals surface area (Å²) in [6.45, 7) is 0.873. The molecule has 5 amide bonds. The lowest BCUT2D eigenvalue weighted by Gasteiger charge is -2.29. The van der Waals surface area contributed by atoms with Crippen LogP contribution in [0.1, 0.15) is 32.0 Å². The summed E-state index contributed by atoms with van der Waals surface area (Å²) in [4.78, 5) is 54.4. The van der Waals surface area contributed by atoms with Gasteiger partial charge in [-0.25, -0.2) is 9.18 Å². The van der Waals surface area contributed by atoms with Gasteiger partial charge in [0, 0.05) is 36.7 Å². The van der Waals surface area contributed by atoms with Crippen molar-refractivity contribution >= 4 is 34.7 Å². The van der Waals surface area contributed by atoms with E-state index >= 15 is 0 Å². The highest BCUT2D eigenvalue weighted by Gasteiger charge is 2.53. The van der Waals surface area contributed by atoms with Gasteiger partial charge in [-0.2, -0.15) is 0 Å². The predicted octanol–water partition coefficient (Wildman–Crippen LogP) is 1.56. The van der Waals surface area contributed by atoms with E-state index in [1.807, 2.05) is 19.0 Å². The maximum absolute atomic E-state index is 14.8. The zero-order valence-electron chi connectivity index (χ0n) is 21.0. The number of hydrogen-bond acceptors (Lipinski definition) is 7. The highest BCUT2D eigenvalue weighted by molar-refractivity contribution is 6.08. The SMILES string of the molecule is COc1ccc2c(c1)C(=O)N(C[C@@]1(c3cc4cc(C(=O)NCCN(C)C)c(F)cc4o3)NC(=O)NC1=O)C2. The highest BCUT2D eigenvalue weighted by Crippen LogP contribution is 2.35. The van der Waals surface area contributed by atoms with Gasteiger partial charge in [-0.15, -0.1) is 0 Å². The molecule has 198 valence electrons. The standard InChI is InChI=1S/C26H26FN5O6/c1-31(2)7-6-28-22(33)18-8-15-9-21(38-20(15)11-19(18)27)26(24(35)29-25(36)30-26)13-32-12-14-4-5-16(37-3)10-17(14)23(32)34/h4-5,8-11H,6-7,12-13H2,1-3H3,(H,28,33)(H2,29,30,35,36)/t26-/m0/s1. The summed E-state index contributed by atoms with van der Waals surface area (Å²) in [6.07, 6.45) is 0. The van der Waals surface area contributed by atoms with Crippen LogP contribution in [0.5, 0.6) is 5.75 Å². The molecule has 1 atom stereocenters. The summed E-state index contributed by atoms with van der Waals surface area (Å²) in [5.41, 5.74) is -0.691. The van der Waals surface area contributed by atoms with Crippen LogP contribution in [0.3, 0.4) is 0 Å². The number of rotatable bonds is 8. The first-order chi connectivity index (χ1) is 18.1. The smallest absolute Gasteiger partial charge is 0.322 e. The number of furan rings is 1. The number of urea groups is 1. The van der Waals surface area contributed by atoms with Crippen LogP contribution in [0, 0.1) is 5.82 Å². The molecule has 0 spiro atoms. The van der Waals surface area contributed by atoms with Gasteiger partial charge in [0.25, 0.3) is 17.7 Å². The summed E-state index contributed by atoms with van der Waals surface area (Å²) < 4.78 is 25.9. The summed E-state index contributed by atoms with van der Waals surface area (Å²) in [5, 5.41) is 7.81. The third kappa shape index (κ3) is 4.32. The van der Waals surface area contributed by atoms with E-state index in [0.717, 1.165) is 11.6 Å². The van der Waals surface area contributed by atoms with Gasteiger partial charge in [0.2, 0.25) is 0 Å². The quantitative estimate of drug-likeness (QED) is 0.382. The van der Waals surface area contributed by atoms with Gasteiger partial charge in [-0.1, -0.05) is 6.07 Å². The first kappa shape index (κ1) is 25.2. The van der Waals surface area contributed by atoms with Crippen molar-refractivity contribution in [2.24, 2.45) is 0 Å². The van der Waals surface area contributed by atoms with Crippen molar-refractivity contribution < 1.29 is 32.7 Å². The number of nitrogens with one attached hydrogen (secondary N) is 3. The summed E-state index contributed by atoms with van der Waals surface area (Å²) in [7, 11) is 5.20. The number of hydrogen-bond donors (Lipinski definition) is 3. The van der Waals surface area contributed by atoms with Gasteiger partial charge in [-0.05, 0) is 43.9 Å². The molecule has 1 saturated heterocycles. The fourth-order valence-corrected chi connectivity index (χ4v) is 4.67. The molecule has 12 heteroatoms. The molecule has 2 aliphatic rings. The van der Waals surface area contributed by atoms with E-state index in [0.29, 0.717) is 29.8 Å². The molecule has 1 fully saturated rings. The number of halogens is 1. The van der Waals surface area contributed by atoms with Crippen LogP contribution in [0.2, 0.25) is 0 Å². The Labute approximate surface area is 216 Å². The number of methoxy groups -OCH3 is 1. The van der Waals surface area contributed by atoms with Crippen LogP contribution >= 0.6 is 0 Å². The number of carbonyl (C=O) groups is 4. The number of amides is 5. The van der Waals surface area contributed by atoms with Gasteiger partial charge in [0.1, 0.15) is 22.9 Å². The zero-order chi connectivity index (χ0) is 27.2. The Hall–Kier alpha value is -4.45. The molecular formula is C26H26FN5O6. The molecule has 0 aliphatic carbocycles. The second-order valence-corrected chi connectivity index (χ2v) is 9.54. The van der Waals surface area contributed by atoms with Crippen molar-refractivity contribution in [3.8, 4) is 5.75 Å². The van der Waals surface area contributed by atoms with E-state index < -0.39 is 29.2 Å². The zero-order valence-corrected chi connectivity index (χ0v) is 21.0. The van der Waals surface area contributed by atoms with Crippen molar-refractivity contribution in [1.82, 2.24) is 25.8 Å². The van der Waals surface area contributed by atoms with Crippen LogP contribution in [0.25, 0.3) is 11.0 Å². The Morgan fingerprint density at radius 2 is 2.00 bits per heavy atom. The minimum atomic E-state index is -1.76. The number of imide groups is 1. The average molecular weight is 524 g/mol. The molecule has 0 saturated carbocycles. The van der Waals surface area contributed by atoms with Gasteiger partial charge >= 0.3 is 6.03 Å². The van der Waals surface area contributed by atoms with E-state index in [1.54, 1.807) is 18.2 Å². The number of carbonyl (C=O) groups excluding carboxylic acids is 4. The molecule has 11 nitrogen and oxygen atoms in total. The van der Waals surface area contributed by atoms with E-state index in [-0.39, 0.29) is 35.9 Å². The van der Waals surface area contributed by atoms with Gasteiger partial charge in [-0.3, -0.25) is 19.7 Å². The fourth-order valence-electron chi connectivity index (χ4n) is 4.67. The first-order valence-electron chi connectivity index (χ1n) is 11.9. The van der Waals surface area contributed by atoms with Crippen LogP contribution in [-0.4, -0.2) is 74.4 Å². The minimum absolute atomic E-state index is 0.00162. The fraction of sp³-hybridized carbons (Fsp3) is 0.308. The van der Waals surface area contributed by atoms with Crippen molar-refractivity contribution in [3.05, 3.63) is 64.7 Å². The lowest BCUT2D eigenvalue weighted by molar-refractivity contribution is -0.125. The van der Waals surface area contributed by atoms with E-state index in [9.17, 15) is 23.6 Å². The normalized spacial score (nSPS) is 18.7. The molecule has 3 heterocycles. The second-order valence-electron chi connectivity index (χ2n) is 9.54. The summed E-state index contributed by atoms with van der Waals surface area (Å²) in [6, 6.07) is 8.21. The second kappa shape index (κ2) is 9.45. The minimum Gasteiger partial charge on any atom is -0.497 e. The van der Waals surface area contributed by atoms with Gasteiger partial charge in [0.15, 0.2) is 5.54 Å². The summed E-state index contributed by atoms with van der Waals surface area (Å²) in [5.74, 6) is -1.93. The molecule has 0 radical (unpaired) electrons. The third-order valence-electron chi connectivity index (χ3n) is 6.68. The van der Waals surface area contributed by atoms with Crippen molar-refractivity contribution in [2.45, 2.75) is 12.1 Å². The number of nitrogens with zero attached hydrogens (tertiary/aromatic N) is 2. The summed E-state index contributed by atoms with van der Waals surface area (Å²) >= 11 is 0. The molecule has 0 unspecified atom stereocenters. The lowest BCUT2D eigenvalue weighted by atomic mass is 9.95. The number of likely N-dealkylation sites (N-methyl/N-ethyl adjacent to an activating group) is 1. The maximum atomic E-state index is 14.8. The van der Waals surface area contributed by atoms with Crippen molar-refractivity contribution in [1.29, 1.82) is 0 Å². The Bertz CT molecular complexity index is 1480. The lowest BCUT2D eigenvalue weighted by Crippen LogP contribution is -2.52. The number of fused-ring (bicyclic) bond motifs is 2. The topological polar surface area (TPSA) is 133 Å². The van der Waals surface area contributed by atoms with Gasteiger partial charge in [0.05, 0.1) is 19.2 Å². The van der Waals surface area contributed by atoms with E-state index in [2.05, 4.69) is 16.0 Å². The molecular weight excluding hydrogens is 497 g/mol. The largest absolute Gasteiger partial charge is 0.497 e. The molecule has 0 bridgehead atoms. The molecule has 1 aromatic heterocycles. The van der Waals surface area contributed by atoms with Crippen LogP contribution in [0.4, 0.5) is 9.18 Å². The van der Waals surface area contributed by atoms with Gasteiger partial charge < -0.3 is 29.6 Å². The van der Waals surface area contributed by atoms with Crippen LogP contribution in [0.15, 0.2) is 40.8 Å². The third-order valence-corrected chi connectivity index (χ3v) is 6.68. The maximum Gasteiger partial charge on any atom is 0.322 e. The van der Waals surface area contributed by atoms with E-state index in [4.69, 9.17) is 9.15 Å². The monoisotopic (exact) mass is 523 g/mol. The molecule has 38 heavy (non-hydrogen) atoms. The molecule has 2 aliphatic heterocycles. The number of benzene rings is 2. The molecule has 3 N–H and O–H groups in total. The van der Waals surface area contributed by atoms with Crippen molar-refractivity contribution in [2.75, 3.05) is 40.8 Å². The Balaban J connectivity index is 1.47. The average Bonchev–Trinajstić information content (AvgIpc) is 3.51. The first-order valence-corrected chi connectivity index (χ1v) is 11.9. The van der Waals surface area contributed by atoms with Crippen LogP contribution < -0.4 is 20.7 Å². The van der Waals surface area contributed by atoms with Crippen LogP contribution in [-0.2, 0) is 16.9 Å². The molecule has 2 aromatic carbocycles. The number of ether oxygens (including phenoxy) is 1. The Morgan fingerprint density at radius 1 is 1.21 bits per heavy atom. The molecule has 3 aromatic rings. The molecule has 5 rings (SSSR count). The van der Waals surface area contributed by atoms with E-state index in [1.165, 1.54) is 24.1 Å². The highest BCUT2D eigenvalue weighted by atomic mass is 19.1. The predicted molar refractivity (Wildman–Crippen MR) is 133 cm³/mol. The Morgan fingerprint density at radius 3 is 2.68 bits per heavy atom. The van der Waals surface area contributed by atoms with Crippen molar-refractivity contribution in [3.63, 3.8) is 0 Å². The Kier molecular flexibility index (Phi) is 6.27.